The Balaban J connectivity index is 1.95. The number of methoxy groups -OCH3 is 4. The average Bonchev–Trinajstić information content (AvgIpc) is 3.05. The molecule has 2 aliphatic rings. The summed E-state index contributed by atoms with van der Waals surface area (Å²) in [6, 6.07) is 5.39. The van der Waals surface area contributed by atoms with Gasteiger partial charge in [0.05, 0.1) is 32.0 Å². The minimum atomic E-state index is -0.278. The Morgan fingerprint density at radius 3 is 2.36 bits per heavy atom. The van der Waals surface area contributed by atoms with Gasteiger partial charge >= 0.3 is 0 Å². The van der Waals surface area contributed by atoms with Crippen LogP contribution in [0.15, 0.2) is 18.2 Å². The highest BCUT2D eigenvalue weighted by Crippen LogP contribution is 2.44. The van der Waals surface area contributed by atoms with E-state index < -0.39 is 0 Å². The zero-order valence-corrected chi connectivity index (χ0v) is 15.4. The van der Waals surface area contributed by atoms with Crippen LogP contribution in [0.25, 0.3) is 0 Å². The molecule has 6 nitrogen and oxygen atoms in total. The smallest absolute Gasteiger partial charge is 0.261 e. The predicted molar refractivity (Wildman–Crippen MR) is 93.4 cm³/mol. The molecule has 0 aromatic heterocycles. The van der Waals surface area contributed by atoms with E-state index in [0.717, 1.165) is 25.7 Å². The van der Waals surface area contributed by atoms with Crippen LogP contribution >= 0.6 is 0 Å². The minimum absolute atomic E-state index is 0.00156. The van der Waals surface area contributed by atoms with Gasteiger partial charge in [0.1, 0.15) is 17.1 Å². The predicted octanol–water partition coefficient (Wildman–Crippen LogP) is 2.50. The van der Waals surface area contributed by atoms with Crippen LogP contribution in [0.2, 0.25) is 0 Å². The zero-order chi connectivity index (χ0) is 18.0. The van der Waals surface area contributed by atoms with Crippen LogP contribution in [0.1, 0.15) is 36.0 Å². The quantitative estimate of drug-likeness (QED) is 0.817. The largest absolute Gasteiger partial charge is 0.496 e. The van der Waals surface area contributed by atoms with Gasteiger partial charge in [0.15, 0.2) is 0 Å². The van der Waals surface area contributed by atoms with Crippen LogP contribution in [0.3, 0.4) is 0 Å². The maximum Gasteiger partial charge on any atom is 0.261 e. The number of carbonyl (C=O) groups excluding carboxylic acids is 1. The van der Waals surface area contributed by atoms with Crippen molar-refractivity contribution in [2.24, 2.45) is 0 Å². The van der Waals surface area contributed by atoms with Crippen LogP contribution in [-0.4, -0.2) is 63.5 Å². The second-order valence-electron chi connectivity index (χ2n) is 6.70. The molecule has 1 heterocycles. The van der Waals surface area contributed by atoms with E-state index in [0.29, 0.717) is 23.6 Å². The van der Waals surface area contributed by atoms with E-state index in [4.69, 9.17) is 18.9 Å². The van der Waals surface area contributed by atoms with Crippen LogP contribution in [0, 0.1) is 0 Å². The van der Waals surface area contributed by atoms with E-state index in [1.165, 1.54) is 0 Å². The minimum Gasteiger partial charge on any atom is -0.496 e. The molecule has 1 saturated heterocycles. The van der Waals surface area contributed by atoms with E-state index >= 15 is 0 Å². The van der Waals surface area contributed by atoms with E-state index in [1.54, 1.807) is 40.6 Å². The maximum absolute atomic E-state index is 13.4. The molecule has 2 fully saturated rings. The van der Waals surface area contributed by atoms with E-state index in [2.05, 4.69) is 0 Å². The lowest BCUT2D eigenvalue weighted by Crippen LogP contribution is -2.53. The number of fused-ring (bicyclic) bond motifs is 1. The standard InChI is InChI=1S/C19H27NO5/c1-22-13-8-9-19(25-4)10-11-20(16(19)12-13)18(21)17-14(23-2)6-5-7-15(17)24-3/h5-7,13,16H,8-12H2,1-4H3/t13-,16-,19+/m0/s1. The summed E-state index contributed by atoms with van der Waals surface area (Å²) in [6.45, 7) is 0.662. The summed E-state index contributed by atoms with van der Waals surface area (Å²) in [5, 5.41) is 0. The Morgan fingerprint density at radius 1 is 1.12 bits per heavy atom. The normalized spacial score (nSPS) is 28.6. The van der Waals surface area contributed by atoms with Crippen molar-refractivity contribution in [2.75, 3.05) is 35.0 Å². The van der Waals surface area contributed by atoms with E-state index in [-0.39, 0.29) is 23.7 Å². The van der Waals surface area contributed by atoms with Crippen molar-refractivity contribution in [3.05, 3.63) is 23.8 Å². The molecule has 0 spiro atoms. The fourth-order valence-corrected chi connectivity index (χ4v) is 4.32. The van der Waals surface area contributed by atoms with Crippen LogP contribution < -0.4 is 9.47 Å². The third-order valence-corrected chi connectivity index (χ3v) is 5.78. The summed E-state index contributed by atoms with van der Waals surface area (Å²) in [6.07, 6.45) is 3.64. The molecule has 0 bridgehead atoms. The third kappa shape index (κ3) is 2.98. The fourth-order valence-electron chi connectivity index (χ4n) is 4.32. The topological polar surface area (TPSA) is 57.2 Å². The Labute approximate surface area is 149 Å². The highest BCUT2D eigenvalue weighted by Gasteiger charge is 2.53. The fraction of sp³-hybridized carbons (Fsp3) is 0.632. The van der Waals surface area contributed by atoms with E-state index in [1.807, 2.05) is 11.0 Å². The molecule has 0 unspecified atom stereocenters. The molecule has 1 aromatic rings. The van der Waals surface area contributed by atoms with Crippen molar-refractivity contribution < 1.29 is 23.7 Å². The number of likely N-dealkylation sites (tertiary alicyclic amines) is 1. The number of carbonyl (C=O) groups is 1. The molecular weight excluding hydrogens is 322 g/mol. The molecule has 138 valence electrons. The molecular formula is C19H27NO5. The van der Waals surface area contributed by atoms with Crippen molar-refractivity contribution in [3.8, 4) is 11.5 Å². The van der Waals surface area contributed by atoms with Gasteiger partial charge in [0, 0.05) is 20.8 Å². The molecule has 1 aromatic carbocycles. The Hall–Kier alpha value is -1.79. The first-order valence-corrected chi connectivity index (χ1v) is 8.70. The first-order chi connectivity index (χ1) is 12.1. The highest BCUT2D eigenvalue weighted by atomic mass is 16.5. The molecule has 6 heteroatoms. The molecule has 1 aliphatic heterocycles. The maximum atomic E-state index is 13.4. The summed E-state index contributed by atoms with van der Waals surface area (Å²) < 4.78 is 22.3. The number of ether oxygens (including phenoxy) is 4. The Kier molecular flexibility index (Phi) is 5.20. The van der Waals surface area contributed by atoms with Gasteiger partial charge in [-0.1, -0.05) is 6.07 Å². The summed E-state index contributed by atoms with van der Waals surface area (Å²) >= 11 is 0. The van der Waals surface area contributed by atoms with Crippen molar-refractivity contribution >= 4 is 5.91 Å². The first kappa shape index (κ1) is 18.0. The van der Waals surface area contributed by atoms with Gasteiger partial charge in [-0.05, 0) is 37.8 Å². The third-order valence-electron chi connectivity index (χ3n) is 5.78. The summed E-state index contributed by atoms with van der Waals surface area (Å²) in [4.78, 5) is 15.3. The van der Waals surface area contributed by atoms with Crippen molar-refractivity contribution in [3.63, 3.8) is 0 Å². The molecule has 1 amide bonds. The number of benzene rings is 1. The summed E-state index contributed by atoms with van der Waals surface area (Å²) in [7, 11) is 6.61. The lowest BCUT2D eigenvalue weighted by molar-refractivity contribution is -0.0894. The van der Waals surface area contributed by atoms with Crippen LogP contribution in [-0.2, 0) is 9.47 Å². The SMILES string of the molecule is COc1cccc(OC)c1C(=O)N1CC[C@]2(OC)CC[C@H](OC)C[C@H]12. The summed E-state index contributed by atoms with van der Waals surface area (Å²) in [5.74, 6) is 0.978. The lowest BCUT2D eigenvalue weighted by Gasteiger charge is -2.43. The molecule has 3 atom stereocenters. The molecule has 25 heavy (non-hydrogen) atoms. The van der Waals surface area contributed by atoms with Gasteiger partial charge < -0.3 is 23.8 Å². The number of hydrogen-bond acceptors (Lipinski definition) is 5. The van der Waals surface area contributed by atoms with Gasteiger partial charge in [-0.25, -0.2) is 0 Å². The monoisotopic (exact) mass is 349 g/mol. The number of hydrogen-bond donors (Lipinski definition) is 0. The highest BCUT2D eigenvalue weighted by molar-refractivity contribution is 6.00. The van der Waals surface area contributed by atoms with Gasteiger partial charge in [0.2, 0.25) is 0 Å². The molecule has 0 radical (unpaired) electrons. The van der Waals surface area contributed by atoms with Gasteiger partial charge in [-0.2, -0.15) is 0 Å². The van der Waals surface area contributed by atoms with Crippen molar-refractivity contribution in [2.45, 2.75) is 43.4 Å². The molecule has 1 aliphatic carbocycles. The number of amides is 1. The first-order valence-electron chi connectivity index (χ1n) is 8.70. The van der Waals surface area contributed by atoms with Gasteiger partial charge in [-0.15, -0.1) is 0 Å². The van der Waals surface area contributed by atoms with Gasteiger partial charge in [0.25, 0.3) is 5.91 Å². The average molecular weight is 349 g/mol. The van der Waals surface area contributed by atoms with Crippen molar-refractivity contribution in [1.82, 2.24) is 4.90 Å². The van der Waals surface area contributed by atoms with Crippen molar-refractivity contribution in [1.29, 1.82) is 0 Å². The second-order valence-corrected chi connectivity index (χ2v) is 6.70. The molecule has 1 saturated carbocycles. The summed E-state index contributed by atoms with van der Waals surface area (Å²) in [5.41, 5.74) is 0.193. The zero-order valence-electron chi connectivity index (χ0n) is 15.4. The van der Waals surface area contributed by atoms with Crippen LogP contribution in [0.4, 0.5) is 0 Å². The van der Waals surface area contributed by atoms with Crippen LogP contribution in [0.5, 0.6) is 11.5 Å². The Morgan fingerprint density at radius 2 is 1.80 bits per heavy atom. The van der Waals surface area contributed by atoms with E-state index in [9.17, 15) is 4.79 Å². The second kappa shape index (κ2) is 7.22. The molecule has 0 N–H and O–H groups in total. The number of nitrogens with zero attached hydrogens (tertiary/aromatic N) is 1. The molecule has 3 rings (SSSR count). The Bertz CT molecular complexity index is 612. The lowest BCUT2D eigenvalue weighted by atomic mass is 9.79. The number of rotatable bonds is 5. The van der Waals surface area contributed by atoms with Gasteiger partial charge in [-0.3, -0.25) is 4.79 Å².